The summed E-state index contributed by atoms with van der Waals surface area (Å²) in [6.45, 7) is 8.35. The van der Waals surface area contributed by atoms with Gasteiger partial charge in [-0.25, -0.2) is 13.6 Å². The molecule has 0 atom stereocenters. The minimum Gasteiger partial charge on any atom is -0.238 e. The van der Waals surface area contributed by atoms with E-state index in [2.05, 4.69) is 4.85 Å². The second-order valence-electron chi connectivity index (χ2n) is 4.39. The van der Waals surface area contributed by atoms with Crippen LogP contribution in [0.15, 0.2) is 30.3 Å². The molecule has 2 rings (SSSR count). The van der Waals surface area contributed by atoms with Gasteiger partial charge in [0.05, 0.1) is 12.1 Å². The van der Waals surface area contributed by atoms with Crippen LogP contribution in [0.3, 0.4) is 0 Å². The van der Waals surface area contributed by atoms with Crippen LogP contribution in [0.5, 0.6) is 0 Å². The Kier molecular flexibility index (Phi) is 3.69. The van der Waals surface area contributed by atoms with E-state index in [1.54, 1.807) is 0 Å². The molecule has 21 heavy (non-hydrogen) atoms. The standard InChI is InChI=1S/C15H8F5N/c1-8-6-11(16)12(17)7-9(8)14-10(15(18,19)20)4-3-5-13(14)21-2/h3-7H,1H3. The Hall–Kier alpha value is -2.42. The van der Waals surface area contributed by atoms with Crippen molar-refractivity contribution in [3.8, 4) is 11.1 Å². The molecule has 0 bridgehead atoms. The van der Waals surface area contributed by atoms with Gasteiger partial charge in [0.1, 0.15) is 0 Å². The third-order valence-corrected chi connectivity index (χ3v) is 3.00. The molecule has 0 saturated carbocycles. The zero-order valence-electron chi connectivity index (χ0n) is 10.7. The quantitative estimate of drug-likeness (QED) is 0.483. The SMILES string of the molecule is [C-]#[N+]c1cccc(C(F)(F)F)c1-c1cc(F)c(F)cc1C. The van der Waals surface area contributed by atoms with Crippen LogP contribution in [0, 0.1) is 25.1 Å². The van der Waals surface area contributed by atoms with E-state index in [-0.39, 0.29) is 16.8 Å². The van der Waals surface area contributed by atoms with Gasteiger partial charge in [0.15, 0.2) is 17.3 Å². The van der Waals surface area contributed by atoms with Crippen LogP contribution < -0.4 is 0 Å². The van der Waals surface area contributed by atoms with Crippen molar-refractivity contribution in [2.75, 3.05) is 0 Å². The van der Waals surface area contributed by atoms with Gasteiger partial charge >= 0.3 is 6.18 Å². The first-order valence-corrected chi connectivity index (χ1v) is 5.79. The molecule has 0 amide bonds. The molecule has 2 aromatic carbocycles. The van der Waals surface area contributed by atoms with Gasteiger partial charge in [-0.15, -0.1) is 0 Å². The number of halogens is 5. The van der Waals surface area contributed by atoms with E-state index >= 15 is 0 Å². The molecule has 1 nitrogen and oxygen atoms in total. The summed E-state index contributed by atoms with van der Waals surface area (Å²) in [6, 6.07) is 4.62. The molecule has 0 aliphatic rings. The summed E-state index contributed by atoms with van der Waals surface area (Å²) in [6.07, 6.45) is -4.70. The van der Waals surface area contributed by atoms with Crippen LogP contribution in [0.1, 0.15) is 11.1 Å². The average Bonchev–Trinajstić information content (AvgIpc) is 2.41. The van der Waals surface area contributed by atoms with E-state index in [1.165, 1.54) is 13.0 Å². The highest BCUT2D eigenvalue weighted by Gasteiger charge is 2.35. The maximum absolute atomic E-state index is 13.4. The number of benzene rings is 2. The first-order valence-electron chi connectivity index (χ1n) is 5.79. The van der Waals surface area contributed by atoms with Crippen molar-refractivity contribution in [2.45, 2.75) is 13.1 Å². The lowest BCUT2D eigenvalue weighted by Crippen LogP contribution is -2.07. The summed E-state index contributed by atoms with van der Waals surface area (Å²) in [5.74, 6) is -2.41. The third kappa shape index (κ3) is 2.72. The monoisotopic (exact) mass is 297 g/mol. The van der Waals surface area contributed by atoms with Crippen molar-refractivity contribution in [2.24, 2.45) is 0 Å². The van der Waals surface area contributed by atoms with Crippen molar-refractivity contribution < 1.29 is 22.0 Å². The molecule has 0 spiro atoms. The fourth-order valence-electron chi connectivity index (χ4n) is 2.07. The molecule has 0 aliphatic carbocycles. The molecule has 2 aromatic rings. The van der Waals surface area contributed by atoms with Gasteiger partial charge in [0.25, 0.3) is 0 Å². The van der Waals surface area contributed by atoms with Gasteiger partial charge < -0.3 is 0 Å². The van der Waals surface area contributed by atoms with Crippen molar-refractivity contribution in [3.63, 3.8) is 0 Å². The van der Waals surface area contributed by atoms with Crippen LogP contribution in [0.4, 0.5) is 27.6 Å². The largest absolute Gasteiger partial charge is 0.415 e. The van der Waals surface area contributed by atoms with E-state index in [4.69, 9.17) is 6.57 Å². The number of aryl methyl sites for hydroxylation is 1. The molecule has 0 unspecified atom stereocenters. The van der Waals surface area contributed by atoms with Gasteiger partial charge in [-0.2, -0.15) is 13.2 Å². The van der Waals surface area contributed by atoms with E-state index < -0.39 is 28.9 Å². The summed E-state index contributed by atoms with van der Waals surface area (Å²) in [5, 5.41) is 0. The molecule has 0 saturated heterocycles. The number of alkyl halides is 3. The Bertz CT molecular complexity index is 741. The van der Waals surface area contributed by atoms with Gasteiger partial charge in [-0.1, -0.05) is 18.2 Å². The minimum absolute atomic E-state index is 0.121. The van der Waals surface area contributed by atoms with Crippen LogP contribution in [0.2, 0.25) is 0 Å². The van der Waals surface area contributed by atoms with Crippen molar-refractivity contribution in [3.05, 3.63) is 64.5 Å². The normalized spacial score (nSPS) is 11.3. The Morgan fingerprint density at radius 1 is 1.05 bits per heavy atom. The van der Waals surface area contributed by atoms with Gasteiger partial charge in [0, 0.05) is 5.56 Å². The molecule has 108 valence electrons. The molecule has 0 radical (unpaired) electrons. The lowest BCUT2D eigenvalue weighted by molar-refractivity contribution is -0.137. The van der Waals surface area contributed by atoms with Gasteiger partial charge in [-0.3, -0.25) is 0 Å². The maximum atomic E-state index is 13.4. The van der Waals surface area contributed by atoms with Crippen molar-refractivity contribution >= 4 is 5.69 Å². The highest BCUT2D eigenvalue weighted by molar-refractivity contribution is 5.83. The van der Waals surface area contributed by atoms with Gasteiger partial charge in [-0.05, 0) is 30.2 Å². The van der Waals surface area contributed by atoms with Crippen LogP contribution in [0.25, 0.3) is 16.0 Å². The molecule has 0 N–H and O–H groups in total. The highest BCUT2D eigenvalue weighted by Crippen LogP contribution is 2.43. The van der Waals surface area contributed by atoms with Gasteiger partial charge in [0.2, 0.25) is 0 Å². The molecule has 6 heteroatoms. The fraction of sp³-hybridized carbons (Fsp3) is 0.133. The summed E-state index contributed by atoms with van der Waals surface area (Å²) in [4.78, 5) is 3.05. The minimum atomic E-state index is -4.70. The molecular formula is C15H8F5N. The Balaban J connectivity index is 2.86. The summed E-state index contributed by atoms with van der Waals surface area (Å²) in [7, 11) is 0. The second-order valence-corrected chi connectivity index (χ2v) is 4.39. The second kappa shape index (κ2) is 5.17. The zero-order valence-corrected chi connectivity index (χ0v) is 10.7. The highest BCUT2D eigenvalue weighted by atomic mass is 19.4. The number of rotatable bonds is 1. The number of hydrogen-bond donors (Lipinski definition) is 0. The van der Waals surface area contributed by atoms with E-state index in [0.717, 1.165) is 18.2 Å². The van der Waals surface area contributed by atoms with Crippen LogP contribution >= 0.6 is 0 Å². The van der Waals surface area contributed by atoms with Crippen molar-refractivity contribution in [1.82, 2.24) is 0 Å². The summed E-state index contributed by atoms with van der Waals surface area (Å²) < 4.78 is 65.8. The molecule has 0 aliphatic heterocycles. The predicted octanol–water partition coefficient (Wildman–Crippen LogP) is 5.51. The van der Waals surface area contributed by atoms with E-state index in [1.807, 2.05) is 0 Å². The number of hydrogen-bond acceptors (Lipinski definition) is 0. The Labute approximate surface area is 117 Å². The molecular weight excluding hydrogens is 289 g/mol. The Morgan fingerprint density at radius 2 is 1.67 bits per heavy atom. The molecule has 0 heterocycles. The maximum Gasteiger partial charge on any atom is 0.415 e. The predicted molar refractivity (Wildman–Crippen MR) is 67.8 cm³/mol. The zero-order chi connectivity index (χ0) is 15.8. The van der Waals surface area contributed by atoms with Crippen molar-refractivity contribution in [1.29, 1.82) is 0 Å². The van der Waals surface area contributed by atoms with E-state index in [9.17, 15) is 22.0 Å². The van der Waals surface area contributed by atoms with Crippen LogP contribution in [-0.2, 0) is 6.18 Å². The first-order chi connectivity index (χ1) is 9.75. The lowest BCUT2D eigenvalue weighted by Gasteiger charge is -2.16. The summed E-state index contributed by atoms with van der Waals surface area (Å²) in [5.41, 5.74) is -1.77. The average molecular weight is 297 g/mol. The summed E-state index contributed by atoms with van der Waals surface area (Å²) >= 11 is 0. The lowest BCUT2D eigenvalue weighted by atomic mass is 9.94. The van der Waals surface area contributed by atoms with E-state index in [0.29, 0.717) is 6.07 Å². The topological polar surface area (TPSA) is 4.36 Å². The molecule has 0 aromatic heterocycles. The third-order valence-electron chi connectivity index (χ3n) is 3.00. The number of nitrogens with zero attached hydrogens (tertiary/aromatic N) is 1. The molecule has 0 fully saturated rings. The Morgan fingerprint density at radius 3 is 2.24 bits per heavy atom. The first kappa shape index (κ1) is 15.0. The van der Waals surface area contributed by atoms with Crippen LogP contribution in [-0.4, -0.2) is 0 Å². The fourth-order valence-corrected chi connectivity index (χ4v) is 2.07. The smallest absolute Gasteiger partial charge is 0.238 e.